The fourth-order valence-electron chi connectivity index (χ4n) is 2.98. The molecule has 19 heavy (non-hydrogen) atoms. The molecule has 1 aliphatic heterocycles. The zero-order chi connectivity index (χ0) is 14.0. The van der Waals surface area contributed by atoms with Crippen LogP contribution in [0.1, 0.15) is 37.8 Å². The van der Waals surface area contributed by atoms with Crippen molar-refractivity contribution < 1.29 is 0 Å². The Morgan fingerprint density at radius 2 is 2.11 bits per heavy atom. The van der Waals surface area contributed by atoms with Crippen LogP contribution >= 0.6 is 0 Å². The van der Waals surface area contributed by atoms with Gasteiger partial charge in [-0.2, -0.15) is 5.26 Å². The Morgan fingerprint density at radius 3 is 2.79 bits per heavy atom. The number of nitriles is 1. The lowest BCUT2D eigenvalue weighted by atomic mass is 9.72. The molecule has 0 radical (unpaired) electrons. The molecule has 1 atom stereocenters. The maximum Gasteiger partial charge on any atom is 0.0625 e. The molecule has 0 amide bonds. The van der Waals surface area contributed by atoms with Gasteiger partial charge < -0.3 is 4.90 Å². The third-order valence-corrected chi connectivity index (χ3v) is 4.83. The molecule has 1 aliphatic rings. The van der Waals surface area contributed by atoms with E-state index in [0.717, 1.165) is 19.5 Å². The molecule has 0 aliphatic carbocycles. The van der Waals surface area contributed by atoms with Crippen molar-refractivity contribution in [2.24, 2.45) is 11.3 Å². The Kier molecular flexibility index (Phi) is 3.85. The maximum absolute atomic E-state index is 9.04. The first kappa shape index (κ1) is 13.9. The number of hydrogen-bond acceptors (Lipinski definition) is 2. The van der Waals surface area contributed by atoms with Crippen LogP contribution in [-0.2, 0) is 0 Å². The van der Waals surface area contributed by atoms with Gasteiger partial charge in [-0.3, -0.25) is 0 Å². The van der Waals surface area contributed by atoms with Gasteiger partial charge in [-0.1, -0.05) is 26.0 Å². The monoisotopic (exact) mass is 256 g/mol. The molecule has 1 heterocycles. The third kappa shape index (κ3) is 2.76. The van der Waals surface area contributed by atoms with E-state index in [4.69, 9.17) is 5.26 Å². The van der Waals surface area contributed by atoms with Crippen LogP contribution in [-0.4, -0.2) is 13.1 Å². The molecule has 2 heteroatoms. The molecule has 1 saturated heterocycles. The summed E-state index contributed by atoms with van der Waals surface area (Å²) in [4.78, 5) is 2.47. The van der Waals surface area contributed by atoms with Gasteiger partial charge in [0.05, 0.1) is 6.07 Å². The Hall–Kier alpha value is -1.49. The van der Waals surface area contributed by atoms with E-state index in [-0.39, 0.29) is 5.41 Å². The first-order valence-electron chi connectivity index (χ1n) is 7.14. The lowest BCUT2D eigenvalue weighted by Crippen LogP contribution is -2.45. The molecule has 0 bridgehead atoms. The first-order chi connectivity index (χ1) is 8.95. The Bertz CT molecular complexity index is 496. The number of nitrogens with zero attached hydrogens (tertiary/aromatic N) is 2. The average molecular weight is 256 g/mol. The minimum atomic E-state index is 0.282. The van der Waals surface area contributed by atoms with Gasteiger partial charge in [-0.05, 0) is 48.8 Å². The molecular formula is C17H24N2. The lowest BCUT2D eigenvalue weighted by molar-refractivity contribution is 0.174. The molecule has 1 unspecified atom stereocenters. The van der Waals surface area contributed by atoms with Crippen LogP contribution in [0.5, 0.6) is 0 Å². The quantitative estimate of drug-likeness (QED) is 0.797. The minimum absolute atomic E-state index is 0.282. The molecule has 0 aromatic heterocycles. The molecule has 2 rings (SSSR count). The summed E-state index contributed by atoms with van der Waals surface area (Å²) in [5.74, 6) is 0.464. The highest BCUT2D eigenvalue weighted by Crippen LogP contribution is 2.39. The summed E-state index contributed by atoms with van der Waals surface area (Å²) < 4.78 is 0. The Morgan fingerprint density at radius 1 is 1.37 bits per heavy atom. The van der Waals surface area contributed by atoms with Crippen molar-refractivity contribution in [1.82, 2.24) is 0 Å². The molecule has 1 aromatic rings. The van der Waals surface area contributed by atoms with E-state index >= 15 is 0 Å². The second-order valence-corrected chi connectivity index (χ2v) is 6.46. The molecule has 2 nitrogen and oxygen atoms in total. The van der Waals surface area contributed by atoms with Gasteiger partial charge in [0.15, 0.2) is 0 Å². The summed E-state index contributed by atoms with van der Waals surface area (Å²) in [6.07, 6.45) is 1.82. The molecule has 1 aromatic carbocycles. The highest BCUT2D eigenvalue weighted by molar-refractivity contribution is 5.56. The predicted octanol–water partition coefficient (Wildman–Crippen LogP) is 4.07. The smallest absolute Gasteiger partial charge is 0.0625 e. The summed E-state index contributed by atoms with van der Waals surface area (Å²) in [5, 5.41) is 9.04. The van der Waals surface area contributed by atoms with Crippen LogP contribution in [0.4, 0.5) is 5.69 Å². The van der Waals surface area contributed by atoms with Gasteiger partial charge in [-0.15, -0.1) is 0 Å². The fraction of sp³-hybridized carbons (Fsp3) is 0.588. The first-order valence-corrected chi connectivity index (χ1v) is 7.14. The third-order valence-electron chi connectivity index (χ3n) is 4.83. The molecule has 102 valence electrons. The normalized spacial score (nSPS) is 22.1. The highest BCUT2D eigenvalue weighted by Gasteiger charge is 2.35. The number of anilines is 1. The van der Waals surface area contributed by atoms with Gasteiger partial charge in [0, 0.05) is 25.2 Å². The van der Waals surface area contributed by atoms with E-state index in [1.165, 1.54) is 16.8 Å². The maximum atomic E-state index is 9.04. The number of aryl methyl sites for hydroxylation is 1. The van der Waals surface area contributed by atoms with Crippen molar-refractivity contribution in [2.45, 2.75) is 40.5 Å². The summed E-state index contributed by atoms with van der Waals surface area (Å²) in [6, 6.07) is 8.88. The Labute approximate surface area is 117 Å². The standard InChI is InChI=1S/C17H24N2/c1-13-6-5-7-16(14(13)2)19-11-9-17(3,4)15(12-19)8-10-18/h5-7,15H,8-9,11-12H2,1-4H3. The highest BCUT2D eigenvalue weighted by atomic mass is 15.1. The average Bonchev–Trinajstić information content (AvgIpc) is 2.36. The van der Waals surface area contributed by atoms with Crippen molar-refractivity contribution in [3.8, 4) is 6.07 Å². The van der Waals surface area contributed by atoms with Crippen molar-refractivity contribution >= 4 is 5.69 Å². The molecule has 1 fully saturated rings. The number of benzene rings is 1. The van der Waals surface area contributed by atoms with E-state index in [0.29, 0.717) is 12.3 Å². The summed E-state index contributed by atoms with van der Waals surface area (Å²) >= 11 is 0. The largest absolute Gasteiger partial charge is 0.371 e. The van der Waals surface area contributed by atoms with Gasteiger partial charge in [-0.25, -0.2) is 0 Å². The van der Waals surface area contributed by atoms with Gasteiger partial charge >= 0.3 is 0 Å². The zero-order valence-corrected chi connectivity index (χ0v) is 12.5. The van der Waals surface area contributed by atoms with Crippen LogP contribution < -0.4 is 4.90 Å². The Balaban J connectivity index is 2.24. The minimum Gasteiger partial charge on any atom is -0.371 e. The summed E-state index contributed by atoms with van der Waals surface area (Å²) in [5.41, 5.74) is 4.35. The second-order valence-electron chi connectivity index (χ2n) is 6.46. The SMILES string of the molecule is Cc1cccc(N2CCC(C)(C)C(CC#N)C2)c1C. The van der Waals surface area contributed by atoms with E-state index in [9.17, 15) is 0 Å². The van der Waals surface area contributed by atoms with Crippen LogP contribution in [0.15, 0.2) is 18.2 Å². The number of rotatable bonds is 2. The van der Waals surface area contributed by atoms with Crippen molar-refractivity contribution in [1.29, 1.82) is 5.26 Å². The van der Waals surface area contributed by atoms with Crippen molar-refractivity contribution in [3.63, 3.8) is 0 Å². The second kappa shape index (κ2) is 5.25. The molecule has 0 N–H and O–H groups in total. The fourth-order valence-corrected chi connectivity index (χ4v) is 2.98. The van der Waals surface area contributed by atoms with Gasteiger partial charge in [0.25, 0.3) is 0 Å². The summed E-state index contributed by atoms with van der Waals surface area (Å²) in [7, 11) is 0. The molecule has 0 spiro atoms. The van der Waals surface area contributed by atoms with E-state index in [1.54, 1.807) is 0 Å². The number of piperidine rings is 1. The van der Waals surface area contributed by atoms with E-state index in [2.05, 4.69) is 56.9 Å². The van der Waals surface area contributed by atoms with E-state index < -0.39 is 0 Å². The summed E-state index contributed by atoms with van der Waals surface area (Å²) in [6.45, 7) is 11.1. The number of hydrogen-bond donors (Lipinski definition) is 0. The predicted molar refractivity (Wildman–Crippen MR) is 80.2 cm³/mol. The van der Waals surface area contributed by atoms with Gasteiger partial charge in [0.1, 0.15) is 0 Å². The van der Waals surface area contributed by atoms with Crippen LogP contribution in [0.2, 0.25) is 0 Å². The van der Waals surface area contributed by atoms with Gasteiger partial charge in [0.2, 0.25) is 0 Å². The van der Waals surface area contributed by atoms with Crippen molar-refractivity contribution in [2.75, 3.05) is 18.0 Å². The molecular weight excluding hydrogens is 232 g/mol. The topological polar surface area (TPSA) is 27.0 Å². The van der Waals surface area contributed by atoms with E-state index in [1.807, 2.05) is 0 Å². The van der Waals surface area contributed by atoms with Crippen LogP contribution in [0.3, 0.4) is 0 Å². The van der Waals surface area contributed by atoms with Crippen molar-refractivity contribution in [3.05, 3.63) is 29.3 Å². The van der Waals surface area contributed by atoms with Crippen LogP contribution in [0.25, 0.3) is 0 Å². The van der Waals surface area contributed by atoms with Crippen LogP contribution in [0, 0.1) is 36.5 Å². The zero-order valence-electron chi connectivity index (χ0n) is 12.5. The molecule has 0 saturated carbocycles. The lowest BCUT2D eigenvalue weighted by Gasteiger charge is -2.44.